The summed E-state index contributed by atoms with van der Waals surface area (Å²) in [6.07, 6.45) is 2.03. The molecule has 0 saturated carbocycles. The maximum Gasteiger partial charge on any atom is 0.270 e. The summed E-state index contributed by atoms with van der Waals surface area (Å²) in [6, 6.07) is -0.709. The number of primary amides is 1. The summed E-state index contributed by atoms with van der Waals surface area (Å²) in [4.78, 5) is 39.8. The minimum atomic E-state index is -0.794. The zero-order valence-electron chi connectivity index (χ0n) is 18.4. The molecule has 0 unspecified atom stereocenters. The maximum atomic E-state index is 13.5. The van der Waals surface area contributed by atoms with E-state index < -0.39 is 23.4 Å². The zero-order valence-corrected chi connectivity index (χ0v) is 19.2. The van der Waals surface area contributed by atoms with Crippen LogP contribution in [0.4, 0.5) is 5.69 Å². The number of rotatable bonds is 8. The second-order valence-electron chi connectivity index (χ2n) is 9.12. The van der Waals surface area contributed by atoms with Crippen LogP contribution < -0.4 is 16.8 Å². The molecule has 0 spiro atoms. The minimum absolute atomic E-state index is 0.0469. The first-order chi connectivity index (χ1) is 13.9. The van der Waals surface area contributed by atoms with Gasteiger partial charge in [0, 0.05) is 18.7 Å². The topological polar surface area (TPSA) is 141 Å². The number of nitrogen functional groups attached to an aromatic ring is 1. The predicted molar refractivity (Wildman–Crippen MR) is 116 cm³/mol. The third-order valence-electron chi connectivity index (χ3n) is 4.71. The van der Waals surface area contributed by atoms with Gasteiger partial charge < -0.3 is 26.4 Å². The van der Waals surface area contributed by atoms with Crippen molar-refractivity contribution in [1.82, 2.24) is 14.6 Å². The van der Waals surface area contributed by atoms with Crippen LogP contribution in [-0.4, -0.2) is 57.8 Å². The summed E-state index contributed by atoms with van der Waals surface area (Å²) in [5, 5.41) is 2.98. The lowest BCUT2D eigenvalue weighted by molar-refractivity contribution is -0.128. The summed E-state index contributed by atoms with van der Waals surface area (Å²) >= 11 is 0.820. The molecule has 0 aliphatic carbocycles. The molecule has 1 aromatic heterocycles. The molecule has 1 aliphatic rings. The molecule has 2 heterocycles. The molecular weight excluding hydrogens is 406 g/mol. The number of hydrogen-bond donors (Lipinski definition) is 3. The van der Waals surface area contributed by atoms with Gasteiger partial charge in [0.2, 0.25) is 5.91 Å². The molecule has 3 amide bonds. The summed E-state index contributed by atoms with van der Waals surface area (Å²) in [5.41, 5.74) is 10.7. The number of amides is 3. The van der Waals surface area contributed by atoms with Gasteiger partial charge >= 0.3 is 0 Å². The van der Waals surface area contributed by atoms with Crippen molar-refractivity contribution in [2.45, 2.75) is 71.6 Å². The van der Waals surface area contributed by atoms with Crippen LogP contribution >= 0.6 is 11.5 Å². The van der Waals surface area contributed by atoms with E-state index >= 15 is 0 Å². The molecule has 0 radical (unpaired) electrons. The van der Waals surface area contributed by atoms with Crippen LogP contribution in [0.3, 0.4) is 0 Å². The van der Waals surface area contributed by atoms with Crippen LogP contribution in [0.25, 0.3) is 0 Å². The van der Waals surface area contributed by atoms with Gasteiger partial charge in [0.1, 0.15) is 10.9 Å². The quantitative estimate of drug-likeness (QED) is 0.564. The molecule has 0 bridgehead atoms. The third-order valence-corrected chi connectivity index (χ3v) is 5.56. The van der Waals surface area contributed by atoms with E-state index in [1.807, 2.05) is 34.6 Å². The van der Waals surface area contributed by atoms with E-state index in [0.29, 0.717) is 13.0 Å². The Hall–Kier alpha value is -2.20. The van der Waals surface area contributed by atoms with Crippen LogP contribution in [0, 0.1) is 5.92 Å². The number of nitrogens with two attached hydrogens (primary N) is 2. The van der Waals surface area contributed by atoms with Gasteiger partial charge in [-0.2, -0.15) is 4.37 Å². The van der Waals surface area contributed by atoms with Crippen molar-refractivity contribution in [3.05, 3.63) is 10.6 Å². The summed E-state index contributed by atoms with van der Waals surface area (Å²) < 4.78 is 9.67. The van der Waals surface area contributed by atoms with Crippen LogP contribution in [-0.2, 0) is 9.53 Å². The van der Waals surface area contributed by atoms with Crippen LogP contribution in [0.15, 0.2) is 0 Å². The van der Waals surface area contributed by atoms with Crippen molar-refractivity contribution in [2.75, 3.05) is 18.9 Å². The van der Waals surface area contributed by atoms with Gasteiger partial charge in [-0.25, -0.2) is 0 Å². The molecule has 1 fully saturated rings. The normalized spacial score (nSPS) is 17.7. The first-order valence-corrected chi connectivity index (χ1v) is 11.0. The Morgan fingerprint density at radius 1 is 1.33 bits per heavy atom. The Bertz CT molecular complexity index is 781. The highest BCUT2D eigenvalue weighted by Gasteiger charge is 2.37. The molecule has 2 atom stereocenters. The van der Waals surface area contributed by atoms with Gasteiger partial charge in [0.15, 0.2) is 5.69 Å². The average Bonchev–Trinajstić information content (AvgIpc) is 3.25. The number of aromatic nitrogens is 1. The van der Waals surface area contributed by atoms with Crippen molar-refractivity contribution >= 4 is 34.9 Å². The number of nitrogens with zero attached hydrogens (tertiary/aromatic N) is 2. The number of anilines is 1. The van der Waals surface area contributed by atoms with Gasteiger partial charge in [-0.3, -0.25) is 14.4 Å². The van der Waals surface area contributed by atoms with E-state index in [1.165, 1.54) is 4.90 Å². The van der Waals surface area contributed by atoms with Gasteiger partial charge in [-0.05, 0) is 57.5 Å². The lowest BCUT2D eigenvalue weighted by Crippen LogP contribution is -2.55. The fraction of sp³-hybridized carbons (Fsp3) is 0.700. The van der Waals surface area contributed by atoms with E-state index in [9.17, 15) is 14.4 Å². The Labute approximate surface area is 181 Å². The number of ether oxygens (including phenoxy) is 1. The first kappa shape index (κ1) is 24.1. The van der Waals surface area contributed by atoms with Gasteiger partial charge in [0.05, 0.1) is 11.8 Å². The van der Waals surface area contributed by atoms with Crippen molar-refractivity contribution in [1.29, 1.82) is 0 Å². The number of carbonyl (C=O) groups is 3. The Morgan fingerprint density at radius 3 is 2.47 bits per heavy atom. The molecule has 9 nitrogen and oxygen atoms in total. The van der Waals surface area contributed by atoms with E-state index in [-0.39, 0.29) is 40.7 Å². The fourth-order valence-corrected chi connectivity index (χ4v) is 4.16. The number of carbonyl (C=O) groups excluding carboxylic acids is 3. The second kappa shape index (κ2) is 9.74. The number of hydrogen-bond acceptors (Lipinski definition) is 7. The van der Waals surface area contributed by atoms with E-state index in [0.717, 1.165) is 24.4 Å². The Kier molecular flexibility index (Phi) is 7.81. The molecule has 5 N–H and O–H groups in total. The van der Waals surface area contributed by atoms with Gasteiger partial charge in [-0.15, -0.1) is 0 Å². The summed E-state index contributed by atoms with van der Waals surface area (Å²) in [7, 11) is 0. The van der Waals surface area contributed by atoms with Gasteiger partial charge in [0.25, 0.3) is 11.8 Å². The Balaban J connectivity index is 2.43. The molecule has 1 saturated heterocycles. The largest absolute Gasteiger partial charge is 0.395 e. The maximum absolute atomic E-state index is 13.5. The molecule has 2 rings (SSSR count). The third kappa shape index (κ3) is 6.15. The Morgan fingerprint density at radius 2 is 2.00 bits per heavy atom. The lowest BCUT2D eigenvalue weighted by atomic mass is 9.98. The highest BCUT2D eigenvalue weighted by atomic mass is 32.1. The van der Waals surface area contributed by atoms with Crippen LogP contribution in [0.5, 0.6) is 0 Å². The lowest BCUT2D eigenvalue weighted by Gasteiger charge is -2.35. The molecule has 0 aromatic carbocycles. The standard InChI is InChI=1S/C20H33N5O4S/c1-11(2)9-13(18(27)23-20(3,4)5)25(10-12-7-6-8-29-12)19(28)16-14(21)15(17(22)26)24-30-16/h11-13H,6-10,21H2,1-5H3,(H2,22,26)(H,23,27)/t12-,13+/m1/s1. The second-order valence-corrected chi connectivity index (χ2v) is 9.89. The molecule has 1 aromatic rings. The predicted octanol–water partition coefficient (Wildman–Crippen LogP) is 1.77. The van der Waals surface area contributed by atoms with Crippen molar-refractivity contribution in [3.63, 3.8) is 0 Å². The molecule has 10 heteroatoms. The SMILES string of the molecule is CC(C)C[C@@H](C(=O)NC(C)(C)C)N(C[C@H]1CCCO1)C(=O)c1snc(C(N)=O)c1N. The van der Waals surface area contributed by atoms with E-state index in [1.54, 1.807) is 0 Å². The summed E-state index contributed by atoms with van der Waals surface area (Å²) in [6.45, 7) is 10.6. The van der Waals surface area contributed by atoms with E-state index in [4.69, 9.17) is 16.2 Å². The molecule has 168 valence electrons. The monoisotopic (exact) mass is 439 g/mol. The highest BCUT2D eigenvalue weighted by Crippen LogP contribution is 2.27. The highest BCUT2D eigenvalue weighted by molar-refractivity contribution is 7.09. The van der Waals surface area contributed by atoms with Crippen LogP contribution in [0.2, 0.25) is 0 Å². The van der Waals surface area contributed by atoms with Gasteiger partial charge in [-0.1, -0.05) is 13.8 Å². The zero-order chi connectivity index (χ0) is 22.6. The molecule has 30 heavy (non-hydrogen) atoms. The van der Waals surface area contributed by atoms with Crippen LogP contribution in [0.1, 0.15) is 74.0 Å². The smallest absolute Gasteiger partial charge is 0.270 e. The average molecular weight is 440 g/mol. The van der Waals surface area contributed by atoms with Crippen molar-refractivity contribution in [3.8, 4) is 0 Å². The molecule has 1 aliphatic heterocycles. The van der Waals surface area contributed by atoms with Crippen molar-refractivity contribution < 1.29 is 19.1 Å². The molecular formula is C20H33N5O4S. The first-order valence-electron chi connectivity index (χ1n) is 10.2. The minimum Gasteiger partial charge on any atom is -0.395 e. The fourth-order valence-electron chi connectivity index (χ4n) is 3.39. The van der Waals surface area contributed by atoms with Crippen molar-refractivity contribution in [2.24, 2.45) is 11.7 Å². The number of nitrogens with one attached hydrogen (secondary N) is 1. The van der Waals surface area contributed by atoms with E-state index in [2.05, 4.69) is 9.69 Å². The summed E-state index contributed by atoms with van der Waals surface area (Å²) in [5.74, 6) is -1.30.